The molecule has 7 nitrogen and oxygen atoms in total. The molecule has 0 aliphatic heterocycles. The number of amides is 2. The first-order valence-corrected chi connectivity index (χ1v) is 6.31. The molecule has 1 unspecified atom stereocenters. The molecule has 110 valence electrons. The van der Waals surface area contributed by atoms with E-state index in [-0.39, 0.29) is 18.9 Å². The van der Waals surface area contributed by atoms with Crippen molar-refractivity contribution in [2.75, 3.05) is 6.54 Å². The Morgan fingerprint density at radius 1 is 1.16 bits per heavy atom. The lowest BCUT2D eigenvalue weighted by atomic mass is 9.99. The Hall–Kier alpha value is -1.63. The molecule has 0 fully saturated rings. The Balaban J connectivity index is 4.28. The average Bonchev–Trinajstić information content (AvgIpc) is 2.39. The molecule has 0 aliphatic rings. The second-order valence-electron chi connectivity index (χ2n) is 4.41. The molecule has 19 heavy (non-hydrogen) atoms. The first kappa shape index (κ1) is 17.4. The van der Waals surface area contributed by atoms with E-state index in [1.165, 1.54) is 0 Å². The van der Waals surface area contributed by atoms with Crippen molar-refractivity contribution in [3.05, 3.63) is 0 Å². The summed E-state index contributed by atoms with van der Waals surface area (Å²) >= 11 is 0. The second-order valence-corrected chi connectivity index (χ2v) is 4.41. The number of aliphatic hydroxyl groups excluding tert-OH is 1. The van der Waals surface area contributed by atoms with Crippen LogP contribution in [0.2, 0.25) is 0 Å². The van der Waals surface area contributed by atoms with Gasteiger partial charge in [0, 0.05) is 0 Å². The fourth-order valence-corrected chi connectivity index (χ4v) is 1.38. The summed E-state index contributed by atoms with van der Waals surface area (Å²) in [7, 11) is 0. The van der Waals surface area contributed by atoms with Crippen LogP contribution in [-0.4, -0.2) is 46.7 Å². The van der Waals surface area contributed by atoms with Crippen LogP contribution in [0.15, 0.2) is 0 Å². The monoisotopic (exact) mass is 274 g/mol. The van der Waals surface area contributed by atoms with E-state index in [0.717, 1.165) is 0 Å². The summed E-state index contributed by atoms with van der Waals surface area (Å²) in [5, 5.41) is 22.8. The molecule has 0 aromatic rings. The fourth-order valence-electron chi connectivity index (χ4n) is 1.38. The molecular formula is C12H22N2O5. The summed E-state index contributed by atoms with van der Waals surface area (Å²) in [6.07, 6.45) is -0.298. The van der Waals surface area contributed by atoms with Crippen LogP contribution < -0.4 is 10.6 Å². The number of nitrogens with one attached hydrogen (secondary N) is 2. The molecule has 0 saturated carbocycles. The quantitative estimate of drug-likeness (QED) is 0.476. The van der Waals surface area contributed by atoms with E-state index in [1.54, 1.807) is 13.8 Å². The SMILES string of the molecule is CCC(O)C(=O)NCC(=O)N[C@H](C(=O)O)[C@@H](C)CC. The molecular weight excluding hydrogens is 252 g/mol. The molecule has 0 rings (SSSR count). The molecule has 0 spiro atoms. The average molecular weight is 274 g/mol. The number of hydrogen-bond acceptors (Lipinski definition) is 4. The molecule has 0 bridgehead atoms. The number of rotatable bonds is 8. The maximum atomic E-state index is 11.5. The molecule has 4 N–H and O–H groups in total. The van der Waals surface area contributed by atoms with Gasteiger partial charge in [-0.25, -0.2) is 4.79 Å². The highest BCUT2D eigenvalue weighted by atomic mass is 16.4. The fraction of sp³-hybridized carbons (Fsp3) is 0.750. The third-order valence-corrected chi connectivity index (χ3v) is 2.91. The Morgan fingerprint density at radius 3 is 2.16 bits per heavy atom. The van der Waals surface area contributed by atoms with Gasteiger partial charge in [0.15, 0.2) is 0 Å². The molecule has 0 heterocycles. The van der Waals surface area contributed by atoms with Crippen molar-refractivity contribution in [3.63, 3.8) is 0 Å². The highest BCUT2D eigenvalue weighted by Gasteiger charge is 2.25. The standard InChI is InChI=1S/C12H22N2O5/c1-4-7(3)10(12(18)19)14-9(16)6-13-11(17)8(15)5-2/h7-8,10,15H,4-6H2,1-3H3,(H,13,17)(H,14,16)(H,18,19)/t7-,8?,10-/m0/s1. The zero-order valence-electron chi connectivity index (χ0n) is 11.5. The second kappa shape index (κ2) is 8.47. The highest BCUT2D eigenvalue weighted by molar-refractivity contribution is 5.89. The van der Waals surface area contributed by atoms with E-state index in [0.29, 0.717) is 6.42 Å². The van der Waals surface area contributed by atoms with Gasteiger partial charge in [-0.2, -0.15) is 0 Å². The zero-order chi connectivity index (χ0) is 15.0. The molecule has 2 amide bonds. The molecule has 7 heteroatoms. The number of carbonyl (C=O) groups is 3. The van der Waals surface area contributed by atoms with Crippen LogP contribution in [0.3, 0.4) is 0 Å². The Kier molecular flexibility index (Phi) is 7.74. The third kappa shape index (κ3) is 6.19. The Labute approximate surface area is 112 Å². The van der Waals surface area contributed by atoms with E-state index in [2.05, 4.69) is 10.6 Å². The first-order chi connectivity index (χ1) is 8.83. The van der Waals surface area contributed by atoms with E-state index >= 15 is 0 Å². The van der Waals surface area contributed by atoms with E-state index in [9.17, 15) is 19.5 Å². The minimum absolute atomic E-state index is 0.210. The van der Waals surface area contributed by atoms with Crippen LogP contribution in [0, 0.1) is 5.92 Å². The normalized spacial score (nSPS) is 15.2. The van der Waals surface area contributed by atoms with Crippen molar-refractivity contribution >= 4 is 17.8 Å². The van der Waals surface area contributed by atoms with E-state index in [1.807, 2.05) is 6.92 Å². The minimum Gasteiger partial charge on any atom is -0.480 e. The molecule has 0 radical (unpaired) electrons. The summed E-state index contributed by atoms with van der Waals surface area (Å²) in [6.45, 7) is 4.83. The van der Waals surface area contributed by atoms with Crippen molar-refractivity contribution in [3.8, 4) is 0 Å². The maximum absolute atomic E-state index is 11.5. The molecule has 0 saturated heterocycles. The van der Waals surface area contributed by atoms with Crippen molar-refractivity contribution in [1.29, 1.82) is 0 Å². The van der Waals surface area contributed by atoms with Gasteiger partial charge in [0.25, 0.3) is 0 Å². The third-order valence-electron chi connectivity index (χ3n) is 2.91. The van der Waals surface area contributed by atoms with Gasteiger partial charge < -0.3 is 20.8 Å². The zero-order valence-corrected chi connectivity index (χ0v) is 11.5. The van der Waals surface area contributed by atoms with Gasteiger partial charge in [0.2, 0.25) is 11.8 Å². The largest absolute Gasteiger partial charge is 0.480 e. The van der Waals surface area contributed by atoms with Crippen LogP contribution in [0.25, 0.3) is 0 Å². The summed E-state index contributed by atoms with van der Waals surface area (Å²) in [5.41, 5.74) is 0. The Bertz CT molecular complexity index is 332. The summed E-state index contributed by atoms with van der Waals surface area (Å²) in [5.74, 6) is -2.56. The molecule has 3 atom stereocenters. The number of carbonyl (C=O) groups excluding carboxylic acids is 2. The molecule has 0 aromatic heterocycles. The van der Waals surface area contributed by atoms with Gasteiger partial charge in [-0.15, -0.1) is 0 Å². The van der Waals surface area contributed by atoms with Gasteiger partial charge in [-0.1, -0.05) is 27.2 Å². The molecule has 0 aromatic carbocycles. The minimum atomic E-state index is -1.15. The maximum Gasteiger partial charge on any atom is 0.326 e. The van der Waals surface area contributed by atoms with Gasteiger partial charge in [-0.05, 0) is 12.3 Å². The highest BCUT2D eigenvalue weighted by Crippen LogP contribution is 2.07. The van der Waals surface area contributed by atoms with Gasteiger partial charge in [0.05, 0.1) is 6.54 Å². The molecule has 0 aliphatic carbocycles. The van der Waals surface area contributed by atoms with Crippen molar-refractivity contribution in [2.45, 2.75) is 45.8 Å². The predicted octanol–water partition coefficient (Wildman–Crippen LogP) is -0.511. The van der Waals surface area contributed by atoms with Crippen molar-refractivity contribution in [2.24, 2.45) is 5.92 Å². The van der Waals surface area contributed by atoms with Gasteiger partial charge in [-0.3, -0.25) is 9.59 Å². The van der Waals surface area contributed by atoms with Crippen LogP contribution in [0.4, 0.5) is 0 Å². The number of aliphatic carboxylic acids is 1. The van der Waals surface area contributed by atoms with Crippen LogP contribution in [0.5, 0.6) is 0 Å². The van der Waals surface area contributed by atoms with Crippen molar-refractivity contribution in [1.82, 2.24) is 10.6 Å². The topological polar surface area (TPSA) is 116 Å². The lowest BCUT2D eigenvalue weighted by molar-refractivity contribution is -0.143. The number of carboxylic acid groups (broad SMARTS) is 1. The van der Waals surface area contributed by atoms with E-state index < -0.39 is 29.9 Å². The van der Waals surface area contributed by atoms with Crippen molar-refractivity contribution < 1.29 is 24.6 Å². The number of hydrogen-bond donors (Lipinski definition) is 4. The van der Waals surface area contributed by atoms with Gasteiger partial charge in [0.1, 0.15) is 12.1 Å². The number of carboxylic acids is 1. The van der Waals surface area contributed by atoms with Crippen LogP contribution in [0.1, 0.15) is 33.6 Å². The number of aliphatic hydroxyl groups is 1. The van der Waals surface area contributed by atoms with Crippen LogP contribution in [-0.2, 0) is 14.4 Å². The summed E-state index contributed by atoms with van der Waals surface area (Å²) < 4.78 is 0. The lowest BCUT2D eigenvalue weighted by Gasteiger charge is -2.20. The summed E-state index contributed by atoms with van der Waals surface area (Å²) in [6, 6.07) is -0.981. The Morgan fingerprint density at radius 2 is 1.74 bits per heavy atom. The van der Waals surface area contributed by atoms with Gasteiger partial charge >= 0.3 is 5.97 Å². The lowest BCUT2D eigenvalue weighted by Crippen LogP contribution is -2.49. The predicted molar refractivity (Wildman–Crippen MR) is 68.3 cm³/mol. The first-order valence-electron chi connectivity index (χ1n) is 6.31. The smallest absolute Gasteiger partial charge is 0.326 e. The van der Waals surface area contributed by atoms with E-state index in [4.69, 9.17) is 5.11 Å². The summed E-state index contributed by atoms with van der Waals surface area (Å²) in [4.78, 5) is 33.7. The van der Waals surface area contributed by atoms with Crippen LogP contribution >= 0.6 is 0 Å².